The van der Waals surface area contributed by atoms with Gasteiger partial charge in [-0.15, -0.1) is 0 Å². The van der Waals surface area contributed by atoms with Crippen molar-refractivity contribution < 1.29 is 8.42 Å². The average Bonchev–Trinajstić information content (AvgIpc) is 2.10. The second-order valence-corrected chi connectivity index (χ2v) is 8.54. The van der Waals surface area contributed by atoms with Crippen LogP contribution in [0, 0.1) is 5.92 Å². The Kier molecular flexibility index (Phi) is 6.41. The third-order valence-electron chi connectivity index (χ3n) is 2.64. The van der Waals surface area contributed by atoms with Crippen LogP contribution in [0.2, 0.25) is 0 Å². The summed E-state index contributed by atoms with van der Waals surface area (Å²) in [5.74, 6) is 0.805. The molecule has 0 aromatic heterocycles. The van der Waals surface area contributed by atoms with Crippen LogP contribution in [0.5, 0.6) is 0 Å². The summed E-state index contributed by atoms with van der Waals surface area (Å²) in [6.45, 7) is 7.44. The van der Waals surface area contributed by atoms with Crippen molar-refractivity contribution in [2.24, 2.45) is 5.92 Å². The molecule has 0 bridgehead atoms. The molecule has 0 spiro atoms. The number of halogens is 1. The van der Waals surface area contributed by atoms with Gasteiger partial charge in [-0.05, 0) is 39.5 Å². The van der Waals surface area contributed by atoms with Crippen LogP contribution in [0.3, 0.4) is 0 Å². The van der Waals surface area contributed by atoms with Crippen LogP contribution in [0.4, 0.5) is 0 Å². The molecule has 15 heavy (non-hydrogen) atoms. The molecule has 0 saturated heterocycles. The van der Waals surface area contributed by atoms with Crippen molar-refractivity contribution in [3.63, 3.8) is 0 Å². The third-order valence-corrected chi connectivity index (χ3v) is 6.20. The zero-order chi connectivity index (χ0) is 12.1. The summed E-state index contributed by atoms with van der Waals surface area (Å²) >= 11 is 3.44. The molecule has 1 unspecified atom stereocenters. The monoisotopic (exact) mass is 298 g/mol. The van der Waals surface area contributed by atoms with Gasteiger partial charge in [-0.1, -0.05) is 29.3 Å². The van der Waals surface area contributed by atoms with Gasteiger partial charge in [0.05, 0.1) is 10.5 Å². The summed E-state index contributed by atoms with van der Waals surface area (Å²) in [6, 6.07) is 0. The van der Waals surface area contributed by atoms with Crippen molar-refractivity contribution >= 4 is 25.8 Å². The number of rotatable bonds is 6. The lowest BCUT2D eigenvalue weighted by molar-refractivity contribution is 0.505. The van der Waals surface area contributed by atoms with E-state index in [-0.39, 0.29) is 0 Å². The summed E-state index contributed by atoms with van der Waals surface area (Å²) in [5.41, 5.74) is 0. The van der Waals surface area contributed by atoms with Crippen LogP contribution >= 0.6 is 15.9 Å². The van der Waals surface area contributed by atoms with E-state index in [1.54, 1.807) is 20.8 Å². The Hall–Kier alpha value is 0.430. The van der Waals surface area contributed by atoms with E-state index >= 15 is 0 Å². The normalized spacial score (nSPS) is 15.3. The van der Waals surface area contributed by atoms with E-state index in [1.807, 2.05) is 0 Å². The van der Waals surface area contributed by atoms with E-state index < -0.39 is 14.6 Å². The number of sulfone groups is 1. The molecule has 0 N–H and O–H groups in total. The van der Waals surface area contributed by atoms with Crippen LogP contribution in [0.25, 0.3) is 0 Å². The first kappa shape index (κ1) is 15.4. The highest BCUT2D eigenvalue weighted by Crippen LogP contribution is 2.21. The molecule has 0 aliphatic heterocycles. The molecule has 0 aliphatic rings. The molecule has 0 aromatic rings. The molecule has 0 heterocycles. The Morgan fingerprint density at radius 2 is 1.73 bits per heavy atom. The molecule has 0 saturated carbocycles. The second kappa shape index (κ2) is 6.24. The fraction of sp³-hybridized carbons (Fsp3) is 1.00. The largest absolute Gasteiger partial charge is 0.228 e. The molecular weight excluding hydrogens is 276 g/mol. The minimum absolute atomic E-state index is 0.312. The first-order valence-electron chi connectivity index (χ1n) is 5.53. The Balaban J connectivity index is 4.26. The summed E-state index contributed by atoms with van der Waals surface area (Å²) in [5, 5.41) is 0.903. The molecule has 1 atom stereocenters. The number of alkyl halides is 1. The molecule has 0 radical (unpaired) electrons. The lowest BCUT2D eigenvalue weighted by Gasteiger charge is -2.21. The molecular formula is C11H23BrO2S. The van der Waals surface area contributed by atoms with Crippen LogP contribution in [-0.4, -0.2) is 24.2 Å². The van der Waals surface area contributed by atoms with Crippen molar-refractivity contribution in [1.82, 2.24) is 0 Å². The predicted octanol–water partition coefficient (Wildman–Crippen LogP) is 3.40. The van der Waals surface area contributed by atoms with Gasteiger partial charge in [0.2, 0.25) is 0 Å². The predicted molar refractivity (Wildman–Crippen MR) is 70.3 cm³/mol. The van der Waals surface area contributed by atoms with E-state index in [4.69, 9.17) is 0 Å². The number of hydrogen-bond donors (Lipinski definition) is 0. The van der Waals surface area contributed by atoms with E-state index in [1.165, 1.54) is 0 Å². The molecule has 2 nitrogen and oxygen atoms in total. The minimum Gasteiger partial charge on any atom is -0.228 e. The Morgan fingerprint density at radius 3 is 2.07 bits per heavy atom. The standard InChI is InChI=1S/C11H23BrO2S/c1-5-6-10(9-12)7-8-15(13,14)11(2,3)4/h10H,5-9H2,1-4H3. The van der Waals surface area contributed by atoms with Crippen LogP contribution < -0.4 is 0 Å². The molecule has 0 aromatic carbocycles. The minimum atomic E-state index is -2.94. The van der Waals surface area contributed by atoms with Crippen molar-refractivity contribution in [2.45, 2.75) is 51.7 Å². The number of hydrogen-bond acceptors (Lipinski definition) is 2. The van der Waals surface area contributed by atoms with Gasteiger partial charge in [-0.2, -0.15) is 0 Å². The lowest BCUT2D eigenvalue weighted by atomic mass is 10.0. The van der Waals surface area contributed by atoms with Crippen LogP contribution in [0.1, 0.15) is 47.0 Å². The van der Waals surface area contributed by atoms with Gasteiger partial charge in [0.1, 0.15) is 0 Å². The zero-order valence-electron chi connectivity index (χ0n) is 10.2. The summed E-state index contributed by atoms with van der Waals surface area (Å²) in [4.78, 5) is 0. The Bertz CT molecular complexity index is 265. The Morgan fingerprint density at radius 1 is 1.20 bits per heavy atom. The highest BCUT2D eigenvalue weighted by Gasteiger charge is 2.28. The fourth-order valence-electron chi connectivity index (χ4n) is 1.33. The van der Waals surface area contributed by atoms with Crippen molar-refractivity contribution in [1.29, 1.82) is 0 Å². The maximum atomic E-state index is 11.9. The van der Waals surface area contributed by atoms with Gasteiger partial charge >= 0.3 is 0 Å². The van der Waals surface area contributed by atoms with E-state index in [9.17, 15) is 8.42 Å². The first-order chi connectivity index (χ1) is 6.74. The topological polar surface area (TPSA) is 34.1 Å². The average molecular weight is 299 g/mol. The van der Waals surface area contributed by atoms with Crippen molar-refractivity contribution in [2.75, 3.05) is 11.1 Å². The van der Waals surface area contributed by atoms with Gasteiger partial charge in [0.25, 0.3) is 0 Å². The molecule has 4 heteroatoms. The summed E-state index contributed by atoms with van der Waals surface area (Å²) < 4.78 is 23.1. The summed E-state index contributed by atoms with van der Waals surface area (Å²) in [6.07, 6.45) is 3.00. The molecule has 92 valence electrons. The van der Waals surface area contributed by atoms with Gasteiger partial charge in [0, 0.05) is 5.33 Å². The zero-order valence-corrected chi connectivity index (χ0v) is 12.6. The first-order valence-corrected chi connectivity index (χ1v) is 8.30. The van der Waals surface area contributed by atoms with E-state index in [0.29, 0.717) is 11.7 Å². The third kappa shape index (κ3) is 5.34. The highest BCUT2D eigenvalue weighted by molar-refractivity contribution is 9.09. The van der Waals surface area contributed by atoms with Crippen LogP contribution in [0.15, 0.2) is 0 Å². The van der Waals surface area contributed by atoms with Gasteiger partial charge in [0.15, 0.2) is 9.84 Å². The van der Waals surface area contributed by atoms with Gasteiger partial charge in [-0.3, -0.25) is 0 Å². The quantitative estimate of drug-likeness (QED) is 0.704. The van der Waals surface area contributed by atoms with Gasteiger partial charge < -0.3 is 0 Å². The SMILES string of the molecule is CCCC(CBr)CCS(=O)(=O)C(C)(C)C. The van der Waals surface area contributed by atoms with Crippen molar-refractivity contribution in [3.05, 3.63) is 0 Å². The summed E-state index contributed by atoms with van der Waals surface area (Å²) in [7, 11) is -2.94. The Labute approximate surface area is 103 Å². The van der Waals surface area contributed by atoms with E-state index in [0.717, 1.165) is 24.6 Å². The maximum absolute atomic E-state index is 11.9. The fourth-order valence-corrected chi connectivity index (χ4v) is 3.24. The van der Waals surface area contributed by atoms with Crippen molar-refractivity contribution in [3.8, 4) is 0 Å². The molecule has 0 amide bonds. The van der Waals surface area contributed by atoms with Crippen LogP contribution in [-0.2, 0) is 9.84 Å². The lowest BCUT2D eigenvalue weighted by Crippen LogP contribution is -2.31. The van der Waals surface area contributed by atoms with E-state index in [2.05, 4.69) is 22.9 Å². The highest BCUT2D eigenvalue weighted by atomic mass is 79.9. The molecule has 0 fully saturated rings. The van der Waals surface area contributed by atoms with Gasteiger partial charge in [-0.25, -0.2) is 8.42 Å². The second-order valence-electron chi connectivity index (χ2n) is 5.03. The molecule has 0 rings (SSSR count). The smallest absolute Gasteiger partial charge is 0.155 e. The molecule has 0 aliphatic carbocycles. The maximum Gasteiger partial charge on any atom is 0.155 e.